The van der Waals surface area contributed by atoms with E-state index in [1.165, 1.54) is 11.3 Å². The Morgan fingerprint density at radius 2 is 2.11 bits per heavy atom. The predicted octanol–water partition coefficient (Wildman–Crippen LogP) is 0.455. The standard InChI is InChI=1S/C14H25N3O2/c1-3-6-17-13(18)8-12(14(17)19)15-9-11-5-7-16(4-2)10-11/h11-12,15H,3-10H2,1-2H3. The molecule has 19 heavy (non-hydrogen) atoms. The minimum atomic E-state index is -0.283. The Morgan fingerprint density at radius 3 is 2.74 bits per heavy atom. The lowest BCUT2D eigenvalue weighted by Gasteiger charge is -2.17. The first-order valence-electron chi connectivity index (χ1n) is 7.45. The van der Waals surface area contributed by atoms with E-state index in [1.807, 2.05) is 6.92 Å². The molecule has 2 rings (SSSR count). The molecule has 2 amide bonds. The zero-order chi connectivity index (χ0) is 13.8. The molecule has 0 aromatic carbocycles. The molecule has 108 valence electrons. The highest BCUT2D eigenvalue weighted by atomic mass is 16.2. The van der Waals surface area contributed by atoms with Crippen LogP contribution in [0.15, 0.2) is 0 Å². The summed E-state index contributed by atoms with van der Waals surface area (Å²) < 4.78 is 0. The smallest absolute Gasteiger partial charge is 0.246 e. The van der Waals surface area contributed by atoms with Crippen molar-refractivity contribution in [3.8, 4) is 0 Å². The van der Waals surface area contributed by atoms with Crippen LogP contribution in [0.5, 0.6) is 0 Å². The Bertz CT molecular complexity index is 346. The van der Waals surface area contributed by atoms with Gasteiger partial charge in [-0.3, -0.25) is 14.5 Å². The van der Waals surface area contributed by atoms with Crippen molar-refractivity contribution in [3.63, 3.8) is 0 Å². The molecule has 2 fully saturated rings. The SMILES string of the molecule is CCCN1C(=O)CC(NCC2CCN(CC)C2)C1=O. The first-order valence-corrected chi connectivity index (χ1v) is 7.45. The topological polar surface area (TPSA) is 52.7 Å². The summed E-state index contributed by atoms with van der Waals surface area (Å²) in [6.07, 6.45) is 2.36. The number of likely N-dealkylation sites (tertiary alicyclic amines) is 2. The summed E-state index contributed by atoms with van der Waals surface area (Å²) in [6, 6.07) is -0.283. The van der Waals surface area contributed by atoms with E-state index in [2.05, 4.69) is 17.1 Å². The summed E-state index contributed by atoms with van der Waals surface area (Å²) >= 11 is 0. The Morgan fingerprint density at radius 1 is 1.32 bits per heavy atom. The van der Waals surface area contributed by atoms with Crippen molar-refractivity contribution in [2.75, 3.05) is 32.7 Å². The van der Waals surface area contributed by atoms with Gasteiger partial charge in [0, 0.05) is 13.1 Å². The molecule has 2 aliphatic heterocycles. The first-order chi connectivity index (χ1) is 9.15. The van der Waals surface area contributed by atoms with Crippen LogP contribution in [0.2, 0.25) is 0 Å². The lowest BCUT2D eigenvalue weighted by atomic mass is 10.1. The van der Waals surface area contributed by atoms with Crippen LogP contribution in [0, 0.1) is 5.92 Å². The average Bonchev–Trinajstić information content (AvgIpc) is 2.96. The van der Waals surface area contributed by atoms with Gasteiger partial charge in [0.15, 0.2) is 0 Å². The lowest BCUT2D eigenvalue weighted by molar-refractivity contribution is -0.138. The molecular formula is C14H25N3O2. The fourth-order valence-corrected chi connectivity index (χ4v) is 2.98. The fourth-order valence-electron chi connectivity index (χ4n) is 2.98. The maximum atomic E-state index is 12.1. The van der Waals surface area contributed by atoms with Crippen molar-refractivity contribution in [2.45, 2.75) is 39.2 Å². The van der Waals surface area contributed by atoms with E-state index >= 15 is 0 Å². The van der Waals surface area contributed by atoms with E-state index in [0.717, 1.165) is 32.6 Å². The second-order valence-corrected chi connectivity index (χ2v) is 5.60. The molecule has 5 nitrogen and oxygen atoms in total. The van der Waals surface area contributed by atoms with E-state index in [1.54, 1.807) is 0 Å². The molecule has 0 bridgehead atoms. The quantitative estimate of drug-likeness (QED) is 0.710. The number of nitrogens with one attached hydrogen (secondary N) is 1. The van der Waals surface area contributed by atoms with Crippen molar-refractivity contribution >= 4 is 11.8 Å². The molecule has 1 N–H and O–H groups in total. The van der Waals surface area contributed by atoms with Gasteiger partial charge in [-0.2, -0.15) is 0 Å². The van der Waals surface area contributed by atoms with Gasteiger partial charge < -0.3 is 10.2 Å². The molecule has 2 heterocycles. The number of amides is 2. The number of hydrogen-bond acceptors (Lipinski definition) is 4. The third kappa shape index (κ3) is 3.34. The number of imide groups is 1. The highest BCUT2D eigenvalue weighted by Gasteiger charge is 2.38. The number of hydrogen-bond donors (Lipinski definition) is 1. The van der Waals surface area contributed by atoms with E-state index in [4.69, 9.17) is 0 Å². The van der Waals surface area contributed by atoms with Gasteiger partial charge in [0.2, 0.25) is 11.8 Å². The minimum absolute atomic E-state index is 0.0223. The van der Waals surface area contributed by atoms with Gasteiger partial charge in [-0.1, -0.05) is 13.8 Å². The van der Waals surface area contributed by atoms with Crippen LogP contribution in [0.1, 0.15) is 33.1 Å². The summed E-state index contributed by atoms with van der Waals surface area (Å²) in [4.78, 5) is 27.6. The number of nitrogens with zero attached hydrogens (tertiary/aromatic N) is 2. The molecule has 0 saturated carbocycles. The second-order valence-electron chi connectivity index (χ2n) is 5.60. The van der Waals surface area contributed by atoms with Crippen molar-refractivity contribution in [1.82, 2.24) is 15.1 Å². The van der Waals surface area contributed by atoms with Crippen LogP contribution in [-0.4, -0.2) is 60.4 Å². The molecule has 2 aliphatic rings. The monoisotopic (exact) mass is 267 g/mol. The number of carbonyl (C=O) groups excluding carboxylic acids is 2. The maximum Gasteiger partial charge on any atom is 0.246 e. The molecule has 0 radical (unpaired) electrons. The van der Waals surface area contributed by atoms with E-state index < -0.39 is 0 Å². The van der Waals surface area contributed by atoms with Gasteiger partial charge in [-0.25, -0.2) is 0 Å². The second kappa shape index (κ2) is 6.48. The van der Waals surface area contributed by atoms with Crippen molar-refractivity contribution in [1.29, 1.82) is 0 Å². The van der Waals surface area contributed by atoms with Crippen LogP contribution >= 0.6 is 0 Å². The van der Waals surface area contributed by atoms with Crippen molar-refractivity contribution in [3.05, 3.63) is 0 Å². The molecule has 2 unspecified atom stereocenters. The summed E-state index contributed by atoms with van der Waals surface area (Å²) in [7, 11) is 0. The van der Waals surface area contributed by atoms with Crippen LogP contribution in [0.4, 0.5) is 0 Å². The zero-order valence-corrected chi connectivity index (χ0v) is 12.0. The predicted molar refractivity (Wildman–Crippen MR) is 73.6 cm³/mol. The molecular weight excluding hydrogens is 242 g/mol. The summed E-state index contributed by atoms with van der Waals surface area (Å²) in [5, 5.41) is 3.30. The Hall–Kier alpha value is -0.940. The van der Waals surface area contributed by atoms with Gasteiger partial charge in [-0.05, 0) is 38.4 Å². The minimum Gasteiger partial charge on any atom is -0.305 e. The normalized spacial score (nSPS) is 28.6. The Kier molecular flexibility index (Phi) is 4.93. The Labute approximate surface area is 115 Å². The van der Waals surface area contributed by atoms with Crippen molar-refractivity contribution < 1.29 is 9.59 Å². The number of carbonyl (C=O) groups is 2. The van der Waals surface area contributed by atoms with Gasteiger partial charge in [0.25, 0.3) is 0 Å². The van der Waals surface area contributed by atoms with Crippen molar-refractivity contribution in [2.24, 2.45) is 5.92 Å². The summed E-state index contributed by atoms with van der Waals surface area (Å²) in [5.74, 6) is 0.561. The molecule has 0 aromatic heterocycles. The van der Waals surface area contributed by atoms with Crippen LogP contribution < -0.4 is 5.32 Å². The first kappa shape index (κ1) is 14.5. The zero-order valence-electron chi connectivity index (χ0n) is 12.0. The van der Waals surface area contributed by atoms with E-state index in [9.17, 15) is 9.59 Å². The van der Waals surface area contributed by atoms with Gasteiger partial charge in [0.05, 0.1) is 12.5 Å². The fraction of sp³-hybridized carbons (Fsp3) is 0.857. The third-order valence-corrected chi connectivity index (χ3v) is 4.16. The van der Waals surface area contributed by atoms with Gasteiger partial charge >= 0.3 is 0 Å². The van der Waals surface area contributed by atoms with Crippen LogP contribution in [0.25, 0.3) is 0 Å². The van der Waals surface area contributed by atoms with Gasteiger partial charge in [-0.15, -0.1) is 0 Å². The largest absolute Gasteiger partial charge is 0.305 e. The maximum absolute atomic E-state index is 12.1. The lowest BCUT2D eigenvalue weighted by Crippen LogP contribution is -2.41. The third-order valence-electron chi connectivity index (χ3n) is 4.16. The molecule has 0 aromatic rings. The molecule has 2 atom stereocenters. The highest BCUT2D eigenvalue weighted by molar-refractivity contribution is 6.05. The molecule has 5 heteroatoms. The van der Waals surface area contributed by atoms with E-state index in [-0.39, 0.29) is 17.9 Å². The highest BCUT2D eigenvalue weighted by Crippen LogP contribution is 2.17. The molecule has 0 spiro atoms. The van der Waals surface area contributed by atoms with Crippen LogP contribution in [0.3, 0.4) is 0 Å². The van der Waals surface area contributed by atoms with Crippen LogP contribution in [-0.2, 0) is 9.59 Å². The summed E-state index contributed by atoms with van der Waals surface area (Å²) in [5.41, 5.74) is 0. The van der Waals surface area contributed by atoms with E-state index in [0.29, 0.717) is 18.9 Å². The average molecular weight is 267 g/mol. The number of rotatable bonds is 6. The molecule has 2 saturated heterocycles. The van der Waals surface area contributed by atoms with Gasteiger partial charge in [0.1, 0.15) is 0 Å². The molecule has 0 aliphatic carbocycles. The summed E-state index contributed by atoms with van der Waals surface area (Å²) in [6.45, 7) is 8.93. The Balaban J connectivity index is 1.78.